The van der Waals surface area contributed by atoms with Crippen LogP contribution in [0.4, 0.5) is 5.69 Å². The maximum atomic E-state index is 12.1. The van der Waals surface area contributed by atoms with Crippen LogP contribution in [0.15, 0.2) is 53.4 Å². The van der Waals surface area contributed by atoms with Crippen molar-refractivity contribution in [1.82, 2.24) is 0 Å². The highest BCUT2D eigenvalue weighted by atomic mass is 32.2. The number of carboxylic acid groups (broad SMARTS) is 1. The largest absolute Gasteiger partial charge is 0.508 e. The van der Waals surface area contributed by atoms with Gasteiger partial charge in [-0.25, -0.2) is 0 Å². The number of carboxylic acids is 1. The number of aliphatic carboxylic acids is 1. The maximum absolute atomic E-state index is 12.1. The normalized spacial score (nSPS) is 10.1. The maximum Gasteiger partial charge on any atom is 0.313 e. The first-order chi connectivity index (χ1) is 10.0. The van der Waals surface area contributed by atoms with Crippen molar-refractivity contribution in [3.8, 4) is 5.75 Å². The molecule has 0 heterocycles. The average Bonchev–Trinajstić information content (AvgIpc) is 2.45. The molecule has 0 saturated heterocycles. The summed E-state index contributed by atoms with van der Waals surface area (Å²) in [6.45, 7) is 0. The molecule has 0 aliphatic heterocycles. The third-order valence-electron chi connectivity index (χ3n) is 2.56. The second kappa shape index (κ2) is 6.81. The lowest BCUT2D eigenvalue weighted by atomic mass is 10.2. The number of phenolic OH excluding ortho intramolecular Hbond substituents is 1. The van der Waals surface area contributed by atoms with E-state index in [1.165, 1.54) is 12.1 Å². The minimum Gasteiger partial charge on any atom is -0.508 e. The molecule has 0 unspecified atom stereocenters. The van der Waals surface area contributed by atoms with Gasteiger partial charge in [-0.05, 0) is 30.3 Å². The fraction of sp³-hybridized carbons (Fsp3) is 0.0667. The monoisotopic (exact) mass is 303 g/mol. The summed E-state index contributed by atoms with van der Waals surface area (Å²) in [6, 6.07) is 13.0. The Morgan fingerprint density at radius 3 is 2.57 bits per heavy atom. The molecule has 0 spiro atoms. The van der Waals surface area contributed by atoms with Gasteiger partial charge < -0.3 is 15.5 Å². The number of hydrogen-bond acceptors (Lipinski definition) is 4. The SMILES string of the molecule is O=C(O)CSc1cccc(C(=O)Nc2cccc(O)c2)c1. The van der Waals surface area contributed by atoms with Crippen molar-refractivity contribution in [1.29, 1.82) is 0 Å². The molecule has 108 valence electrons. The van der Waals surface area contributed by atoms with E-state index < -0.39 is 5.97 Å². The molecule has 0 aromatic heterocycles. The van der Waals surface area contributed by atoms with Crippen LogP contribution in [0, 0.1) is 0 Å². The van der Waals surface area contributed by atoms with Crippen LogP contribution in [0.3, 0.4) is 0 Å². The van der Waals surface area contributed by atoms with E-state index in [2.05, 4.69) is 5.32 Å². The molecular weight excluding hydrogens is 290 g/mol. The second-order valence-corrected chi connectivity index (χ2v) is 5.26. The van der Waals surface area contributed by atoms with Crippen molar-refractivity contribution in [3.05, 3.63) is 54.1 Å². The molecule has 0 aliphatic carbocycles. The first kappa shape index (κ1) is 14.9. The number of anilines is 1. The number of carbonyl (C=O) groups excluding carboxylic acids is 1. The van der Waals surface area contributed by atoms with Crippen molar-refractivity contribution >= 4 is 29.3 Å². The standard InChI is InChI=1S/C15H13NO4S/c17-12-5-2-4-11(8-12)16-15(20)10-3-1-6-13(7-10)21-9-14(18)19/h1-8,17H,9H2,(H,16,20)(H,18,19). The van der Waals surface area contributed by atoms with E-state index in [9.17, 15) is 14.7 Å². The second-order valence-electron chi connectivity index (χ2n) is 4.21. The molecule has 6 heteroatoms. The summed E-state index contributed by atoms with van der Waals surface area (Å²) in [5.41, 5.74) is 0.914. The summed E-state index contributed by atoms with van der Waals surface area (Å²) in [5.74, 6) is -1.22. The molecule has 0 saturated carbocycles. The summed E-state index contributed by atoms with van der Waals surface area (Å²) in [5, 5.41) is 20.7. The van der Waals surface area contributed by atoms with Crippen molar-refractivity contribution in [2.75, 3.05) is 11.1 Å². The summed E-state index contributed by atoms with van der Waals surface area (Å²) < 4.78 is 0. The molecule has 0 bridgehead atoms. The Balaban J connectivity index is 2.08. The van der Waals surface area contributed by atoms with Gasteiger partial charge in [-0.2, -0.15) is 0 Å². The molecule has 0 atom stereocenters. The molecule has 3 N–H and O–H groups in total. The smallest absolute Gasteiger partial charge is 0.313 e. The Morgan fingerprint density at radius 1 is 1.10 bits per heavy atom. The predicted molar refractivity (Wildman–Crippen MR) is 80.9 cm³/mol. The fourth-order valence-corrected chi connectivity index (χ4v) is 2.33. The summed E-state index contributed by atoms with van der Waals surface area (Å²) >= 11 is 1.15. The molecule has 0 fully saturated rings. The highest BCUT2D eigenvalue weighted by Gasteiger charge is 2.08. The quantitative estimate of drug-likeness (QED) is 0.739. The van der Waals surface area contributed by atoms with Gasteiger partial charge in [0.05, 0.1) is 5.75 Å². The van der Waals surface area contributed by atoms with Crippen LogP contribution >= 0.6 is 11.8 Å². The number of amides is 1. The van der Waals surface area contributed by atoms with Gasteiger partial charge in [0.25, 0.3) is 5.91 Å². The zero-order valence-electron chi connectivity index (χ0n) is 10.9. The van der Waals surface area contributed by atoms with Crippen LogP contribution in [0.5, 0.6) is 5.75 Å². The third-order valence-corrected chi connectivity index (χ3v) is 3.54. The average molecular weight is 303 g/mol. The number of aromatic hydroxyl groups is 1. The van der Waals surface area contributed by atoms with E-state index in [4.69, 9.17) is 5.11 Å². The minimum atomic E-state index is -0.908. The Kier molecular flexibility index (Phi) is 4.84. The lowest BCUT2D eigenvalue weighted by Crippen LogP contribution is -2.11. The van der Waals surface area contributed by atoms with Crippen LogP contribution < -0.4 is 5.32 Å². The van der Waals surface area contributed by atoms with Gasteiger partial charge in [-0.15, -0.1) is 11.8 Å². The van der Waals surface area contributed by atoms with Gasteiger partial charge in [0, 0.05) is 22.2 Å². The first-order valence-electron chi connectivity index (χ1n) is 6.09. The zero-order valence-corrected chi connectivity index (χ0v) is 11.8. The third kappa shape index (κ3) is 4.54. The number of thioether (sulfide) groups is 1. The highest BCUT2D eigenvalue weighted by Crippen LogP contribution is 2.20. The number of carbonyl (C=O) groups is 2. The van der Waals surface area contributed by atoms with Crippen molar-refractivity contribution in [2.45, 2.75) is 4.90 Å². The first-order valence-corrected chi connectivity index (χ1v) is 7.08. The van der Waals surface area contributed by atoms with Gasteiger partial charge >= 0.3 is 5.97 Å². The zero-order chi connectivity index (χ0) is 15.2. The predicted octanol–water partition coefficient (Wildman–Crippen LogP) is 2.82. The number of rotatable bonds is 5. The van der Waals surface area contributed by atoms with Crippen LogP contribution in [0.2, 0.25) is 0 Å². The van der Waals surface area contributed by atoms with Crippen LogP contribution in [0.25, 0.3) is 0 Å². The summed E-state index contributed by atoms with van der Waals surface area (Å²) in [7, 11) is 0. The number of benzene rings is 2. The summed E-state index contributed by atoms with van der Waals surface area (Å²) in [4.78, 5) is 23.3. The molecule has 2 aromatic rings. The van der Waals surface area contributed by atoms with Crippen LogP contribution in [-0.4, -0.2) is 27.8 Å². The highest BCUT2D eigenvalue weighted by molar-refractivity contribution is 8.00. The topological polar surface area (TPSA) is 86.6 Å². The fourth-order valence-electron chi connectivity index (χ4n) is 1.66. The van der Waals surface area contributed by atoms with E-state index in [-0.39, 0.29) is 17.4 Å². The molecule has 21 heavy (non-hydrogen) atoms. The van der Waals surface area contributed by atoms with Gasteiger partial charge in [0.2, 0.25) is 0 Å². The molecule has 0 radical (unpaired) electrons. The van der Waals surface area contributed by atoms with E-state index in [0.717, 1.165) is 11.8 Å². The van der Waals surface area contributed by atoms with Crippen LogP contribution in [0.1, 0.15) is 10.4 Å². The van der Waals surface area contributed by atoms with Crippen LogP contribution in [-0.2, 0) is 4.79 Å². The molecule has 1 amide bonds. The number of phenols is 1. The minimum absolute atomic E-state index is 0.0579. The van der Waals surface area contributed by atoms with Gasteiger partial charge in [0.1, 0.15) is 5.75 Å². The molecule has 2 aromatic carbocycles. The Labute approximate surface area is 125 Å². The van der Waals surface area contributed by atoms with E-state index in [1.807, 2.05) is 0 Å². The van der Waals surface area contributed by atoms with Gasteiger partial charge in [0.15, 0.2) is 0 Å². The molecule has 5 nitrogen and oxygen atoms in total. The molecule has 2 rings (SSSR count). The Bertz CT molecular complexity index is 672. The number of nitrogens with one attached hydrogen (secondary N) is 1. The molecule has 0 aliphatic rings. The number of hydrogen-bond donors (Lipinski definition) is 3. The van der Waals surface area contributed by atoms with Crippen molar-refractivity contribution < 1.29 is 19.8 Å². The Morgan fingerprint density at radius 2 is 1.86 bits per heavy atom. The summed E-state index contributed by atoms with van der Waals surface area (Å²) in [6.07, 6.45) is 0. The van der Waals surface area contributed by atoms with Crippen molar-refractivity contribution in [2.24, 2.45) is 0 Å². The molecular formula is C15H13NO4S. The van der Waals surface area contributed by atoms with E-state index in [1.54, 1.807) is 36.4 Å². The van der Waals surface area contributed by atoms with Crippen molar-refractivity contribution in [3.63, 3.8) is 0 Å². The van der Waals surface area contributed by atoms with Gasteiger partial charge in [-0.3, -0.25) is 9.59 Å². The van der Waals surface area contributed by atoms with E-state index in [0.29, 0.717) is 16.1 Å². The lowest BCUT2D eigenvalue weighted by Gasteiger charge is -2.07. The lowest BCUT2D eigenvalue weighted by molar-refractivity contribution is -0.133. The van der Waals surface area contributed by atoms with E-state index >= 15 is 0 Å². The Hall–Kier alpha value is -2.47. The van der Waals surface area contributed by atoms with Gasteiger partial charge in [-0.1, -0.05) is 12.1 Å².